The maximum atomic E-state index is 15.1. The number of hydrogen-bond donors (Lipinski definition) is 0. The summed E-state index contributed by atoms with van der Waals surface area (Å²) in [5.41, 5.74) is 0.540. The van der Waals surface area contributed by atoms with Crippen LogP contribution in [0.4, 0.5) is 8.78 Å². The molecular formula is C33H29F2N3O6. The van der Waals surface area contributed by atoms with Gasteiger partial charge >= 0.3 is 0 Å². The van der Waals surface area contributed by atoms with Gasteiger partial charge in [-0.1, -0.05) is 18.2 Å². The number of hydrogen-bond acceptors (Lipinski definition) is 8. The van der Waals surface area contributed by atoms with Crippen molar-refractivity contribution in [2.45, 2.75) is 25.7 Å². The first kappa shape index (κ1) is 29.3. The lowest BCUT2D eigenvalue weighted by molar-refractivity contribution is -0.143. The lowest BCUT2D eigenvalue weighted by Gasteiger charge is -2.26. The molecule has 2 aromatic heterocycles. The molecular weight excluding hydrogens is 572 g/mol. The number of carbonyl (C=O) groups excluding carboxylic acids is 3. The molecule has 9 nitrogen and oxygen atoms in total. The molecule has 0 N–H and O–H groups in total. The Bertz CT molecular complexity index is 1720. The number of rotatable bonds is 12. The number of ketones is 2. The number of halogens is 2. The van der Waals surface area contributed by atoms with Crippen LogP contribution in [-0.2, 0) is 32.0 Å². The third kappa shape index (κ3) is 6.42. The van der Waals surface area contributed by atoms with Crippen molar-refractivity contribution in [3.05, 3.63) is 89.8 Å². The average Bonchev–Trinajstić information content (AvgIpc) is 3.83. The van der Waals surface area contributed by atoms with Crippen LogP contribution in [-0.4, -0.2) is 65.3 Å². The van der Waals surface area contributed by atoms with Gasteiger partial charge in [-0.2, -0.15) is 0 Å². The van der Waals surface area contributed by atoms with Crippen molar-refractivity contribution in [3.63, 3.8) is 0 Å². The number of aromatic nitrogens is 2. The van der Waals surface area contributed by atoms with Crippen LogP contribution in [0.25, 0.3) is 10.9 Å². The molecule has 6 rings (SSSR count). The van der Waals surface area contributed by atoms with Gasteiger partial charge in [0.05, 0.1) is 29.5 Å². The fraction of sp³-hybridized carbons (Fsp3) is 0.303. The van der Waals surface area contributed by atoms with Gasteiger partial charge < -0.3 is 19.1 Å². The second kappa shape index (κ2) is 12.5. The number of ether oxygens (including phenoxy) is 3. The number of nitrogens with zero attached hydrogens (tertiary/aromatic N) is 3. The zero-order valence-electron chi connectivity index (χ0n) is 23.8. The summed E-state index contributed by atoms with van der Waals surface area (Å²) in [6, 6.07) is 13.2. The van der Waals surface area contributed by atoms with Gasteiger partial charge in [0.25, 0.3) is 0 Å². The van der Waals surface area contributed by atoms with E-state index in [-0.39, 0.29) is 49.3 Å². The van der Waals surface area contributed by atoms with E-state index in [1.807, 2.05) is 0 Å². The number of Topliss-reactive ketones (excluding diaryl/α,β-unsaturated/α-hetero) is 2. The molecule has 3 heterocycles. The Morgan fingerprint density at radius 3 is 2.41 bits per heavy atom. The zero-order chi connectivity index (χ0) is 30.7. The quantitative estimate of drug-likeness (QED) is 0.216. The molecule has 1 aliphatic carbocycles. The first-order valence-corrected chi connectivity index (χ1v) is 14.3. The van der Waals surface area contributed by atoms with E-state index in [1.54, 1.807) is 23.1 Å². The van der Waals surface area contributed by atoms with Gasteiger partial charge in [-0.15, -0.1) is 0 Å². The Morgan fingerprint density at radius 2 is 1.68 bits per heavy atom. The topological polar surface area (TPSA) is 108 Å². The number of amides is 1. The molecule has 2 aromatic carbocycles. The van der Waals surface area contributed by atoms with Crippen molar-refractivity contribution < 1.29 is 37.4 Å². The summed E-state index contributed by atoms with van der Waals surface area (Å²) in [5, 5.41) is 0.539. The van der Waals surface area contributed by atoms with Gasteiger partial charge in [-0.3, -0.25) is 19.4 Å². The average molecular weight is 602 g/mol. The molecule has 0 bridgehead atoms. The molecule has 1 amide bonds. The molecule has 0 unspecified atom stereocenters. The van der Waals surface area contributed by atoms with E-state index in [9.17, 15) is 18.8 Å². The maximum Gasteiger partial charge on any atom is 0.248 e. The van der Waals surface area contributed by atoms with E-state index in [4.69, 9.17) is 14.2 Å². The van der Waals surface area contributed by atoms with Crippen molar-refractivity contribution in [2.75, 3.05) is 32.9 Å². The molecule has 44 heavy (non-hydrogen) atoms. The molecule has 2 aliphatic rings. The Labute approximate surface area is 251 Å². The highest BCUT2D eigenvalue weighted by molar-refractivity contribution is 6.11. The van der Waals surface area contributed by atoms with Crippen molar-refractivity contribution in [1.82, 2.24) is 14.9 Å². The van der Waals surface area contributed by atoms with E-state index in [0.717, 1.165) is 0 Å². The van der Waals surface area contributed by atoms with E-state index in [1.165, 1.54) is 48.8 Å². The van der Waals surface area contributed by atoms with E-state index in [2.05, 4.69) is 9.97 Å². The van der Waals surface area contributed by atoms with Crippen LogP contribution < -0.4 is 9.47 Å². The highest BCUT2D eigenvalue weighted by atomic mass is 19.1. The largest absolute Gasteiger partial charge is 0.476 e. The lowest BCUT2D eigenvalue weighted by atomic mass is 9.88. The second-order valence-corrected chi connectivity index (χ2v) is 10.9. The molecule has 226 valence electrons. The van der Waals surface area contributed by atoms with Crippen LogP contribution in [0, 0.1) is 17.0 Å². The summed E-state index contributed by atoms with van der Waals surface area (Å²) in [6.45, 7) is 1.75. The summed E-state index contributed by atoms with van der Waals surface area (Å²) < 4.78 is 45.1. The first-order chi connectivity index (χ1) is 21.3. The molecule has 4 aromatic rings. The smallest absolute Gasteiger partial charge is 0.248 e. The molecule has 2 fully saturated rings. The summed E-state index contributed by atoms with van der Waals surface area (Å²) in [6.07, 6.45) is 3.92. The molecule has 1 aliphatic heterocycles. The number of fused-ring (bicyclic) bond motifs is 1. The van der Waals surface area contributed by atoms with Crippen LogP contribution >= 0.6 is 0 Å². The van der Waals surface area contributed by atoms with Crippen molar-refractivity contribution in [3.8, 4) is 17.4 Å². The fourth-order valence-electron chi connectivity index (χ4n) is 5.22. The van der Waals surface area contributed by atoms with Crippen LogP contribution in [0.2, 0.25) is 0 Å². The zero-order valence-corrected chi connectivity index (χ0v) is 23.8. The SMILES string of the molecule is O=C1COCCN1CCOc1cc2nccc(Oc3ccc(CC(=O)C4(C(=O)Cc5ccc(F)cc5)CC4)cc3F)c2cn1. The lowest BCUT2D eigenvalue weighted by Crippen LogP contribution is -2.43. The Kier molecular flexibility index (Phi) is 8.30. The predicted molar refractivity (Wildman–Crippen MR) is 154 cm³/mol. The number of morpholine rings is 1. The molecule has 11 heteroatoms. The predicted octanol–water partition coefficient (Wildman–Crippen LogP) is 4.64. The third-order valence-corrected chi connectivity index (χ3v) is 7.93. The minimum absolute atomic E-state index is 0.0438. The van der Waals surface area contributed by atoms with Crippen LogP contribution in [0.3, 0.4) is 0 Å². The Hall–Kier alpha value is -4.77. The van der Waals surface area contributed by atoms with Crippen molar-refractivity contribution in [1.29, 1.82) is 0 Å². The minimum Gasteiger partial charge on any atom is -0.476 e. The summed E-state index contributed by atoms with van der Waals surface area (Å²) in [4.78, 5) is 48.3. The van der Waals surface area contributed by atoms with Gasteiger partial charge in [-0.25, -0.2) is 13.8 Å². The summed E-state index contributed by atoms with van der Waals surface area (Å²) >= 11 is 0. The summed E-state index contributed by atoms with van der Waals surface area (Å²) in [5.74, 6) is -0.969. The van der Waals surface area contributed by atoms with Crippen LogP contribution in [0.1, 0.15) is 24.0 Å². The van der Waals surface area contributed by atoms with Crippen molar-refractivity contribution in [2.24, 2.45) is 5.41 Å². The molecule has 1 saturated carbocycles. The van der Waals surface area contributed by atoms with Gasteiger partial charge in [0.2, 0.25) is 11.8 Å². The third-order valence-electron chi connectivity index (χ3n) is 7.93. The number of benzene rings is 2. The van der Waals surface area contributed by atoms with E-state index >= 15 is 4.39 Å². The van der Waals surface area contributed by atoms with Crippen LogP contribution in [0.15, 0.2) is 67.0 Å². The first-order valence-electron chi connectivity index (χ1n) is 14.3. The maximum absolute atomic E-state index is 15.1. The van der Waals surface area contributed by atoms with E-state index < -0.39 is 17.0 Å². The monoisotopic (exact) mass is 601 g/mol. The van der Waals surface area contributed by atoms with Gasteiger partial charge in [0.1, 0.15) is 24.8 Å². The fourth-order valence-corrected chi connectivity index (χ4v) is 5.22. The second-order valence-electron chi connectivity index (χ2n) is 10.9. The highest BCUT2D eigenvalue weighted by Crippen LogP contribution is 2.49. The number of pyridine rings is 2. The number of carbonyl (C=O) groups is 3. The standard InChI is InChI=1S/C33H29F2N3O6/c34-23-4-1-21(2-5-23)16-29(39)33(8-9-33)30(40)17-22-3-6-28(25(35)15-22)44-27-7-10-36-26-18-31(37-19-24(26)27)43-14-12-38-11-13-42-20-32(38)41/h1-7,10,15,18-19H,8-9,11-14,16-17,20H2. The van der Waals surface area contributed by atoms with Crippen molar-refractivity contribution >= 4 is 28.4 Å². The van der Waals surface area contributed by atoms with E-state index in [0.29, 0.717) is 66.2 Å². The Morgan fingerprint density at radius 1 is 0.932 bits per heavy atom. The van der Waals surface area contributed by atoms with Gasteiger partial charge in [0, 0.05) is 37.8 Å². The molecule has 0 atom stereocenters. The minimum atomic E-state index is -1.06. The molecule has 0 radical (unpaired) electrons. The molecule has 1 saturated heterocycles. The Balaban J connectivity index is 1.08. The van der Waals surface area contributed by atoms with Gasteiger partial charge in [0.15, 0.2) is 23.1 Å². The highest BCUT2D eigenvalue weighted by Gasteiger charge is 2.54. The summed E-state index contributed by atoms with van der Waals surface area (Å²) in [7, 11) is 0. The molecule has 0 spiro atoms. The van der Waals surface area contributed by atoms with Crippen LogP contribution in [0.5, 0.6) is 17.4 Å². The normalized spacial score (nSPS) is 15.7. The van der Waals surface area contributed by atoms with Gasteiger partial charge in [-0.05, 0) is 54.3 Å².